The first-order chi connectivity index (χ1) is 28.5. The van der Waals surface area contributed by atoms with E-state index >= 15 is 0 Å². The molecule has 2 aliphatic heterocycles. The summed E-state index contributed by atoms with van der Waals surface area (Å²) in [7, 11) is 0. The summed E-state index contributed by atoms with van der Waals surface area (Å²) in [6.45, 7) is 1.62. The van der Waals surface area contributed by atoms with E-state index in [1.165, 1.54) is 5.56 Å². The van der Waals surface area contributed by atoms with Gasteiger partial charge in [0.2, 0.25) is 29.5 Å². The van der Waals surface area contributed by atoms with Crippen molar-refractivity contribution in [3.05, 3.63) is 156 Å². The van der Waals surface area contributed by atoms with Crippen molar-refractivity contribution in [2.45, 2.75) is 63.6 Å². The van der Waals surface area contributed by atoms with Gasteiger partial charge in [0.1, 0.15) is 24.1 Å². The largest absolute Gasteiger partial charge is 0.508 e. The van der Waals surface area contributed by atoms with E-state index < -0.39 is 48.3 Å². The highest BCUT2D eigenvalue weighted by molar-refractivity contribution is 5.95. The molecule has 2 aliphatic rings. The second kappa shape index (κ2) is 22.0. The van der Waals surface area contributed by atoms with Gasteiger partial charge in [-0.3, -0.25) is 24.0 Å². The van der Waals surface area contributed by atoms with Crippen LogP contribution < -0.4 is 26.6 Å². The lowest BCUT2D eigenvalue weighted by molar-refractivity contribution is -0.132. The molecule has 304 valence electrons. The molecule has 0 spiro atoms. The Bertz CT molecular complexity index is 2180. The standard InChI is InChI=1S/C34H37N5O6.C13H12O/c40-22-27-19-25-11-14-26(15-12-25)36-30(41)17-18-31(42)38-28(16-13-23-7-3-1-4-8-23)33(44)35-21-32(43)39-29(34(45)37-27)20-24-9-5-2-6-10-24;1-10-5-7-11(8-6-10)12-3-2-4-13(14)9-12/h1-12,14-15,22,27-29H,13,16-21H2,(H,35,44)(H,36,41)(H,37,45)(H,38,42)(H,39,43);2-9,14H,1H3/t27-,28+,29+;/m0./s1. The monoisotopic (exact) mass is 795 g/mol. The summed E-state index contributed by atoms with van der Waals surface area (Å²) in [5.74, 6) is -2.30. The quantitative estimate of drug-likeness (QED) is 0.0993. The minimum atomic E-state index is -1.03. The third kappa shape index (κ3) is 14.4. The van der Waals surface area contributed by atoms with Gasteiger partial charge in [0, 0.05) is 24.9 Å². The summed E-state index contributed by atoms with van der Waals surface area (Å²) in [4.78, 5) is 76.7. The van der Waals surface area contributed by atoms with E-state index in [9.17, 15) is 33.9 Å². The molecule has 12 heteroatoms. The van der Waals surface area contributed by atoms with Crippen LogP contribution in [0.25, 0.3) is 11.1 Å². The molecule has 6 N–H and O–H groups in total. The van der Waals surface area contributed by atoms with E-state index in [1.807, 2.05) is 72.8 Å². The molecule has 5 aromatic rings. The fraction of sp³-hybridized carbons (Fsp3) is 0.234. The summed E-state index contributed by atoms with van der Waals surface area (Å²) in [5, 5.41) is 22.7. The van der Waals surface area contributed by atoms with E-state index in [0.717, 1.165) is 27.8 Å². The molecule has 5 amide bonds. The van der Waals surface area contributed by atoms with E-state index in [-0.39, 0.29) is 38.0 Å². The first-order valence-electron chi connectivity index (χ1n) is 19.5. The van der Waals surface area contributed by atoms with Crippen LogP contribution in [-0.2, 0) is 48.0 Å². The Morgan fingerprint density at radius 2 is 1.27 bits per heavy atom. The van der Waals surface area contributed by atoms with Crippen molar-refractivity contribution < 1.29 is 33.9 Å². The Labute approximate surface area is 343 Å². The topological polar surface area (TPSA) is 183 Å². The van der Waals surface area contributed by atoms with Crippen LogP contribution in [0.2, 0.25) is 0 Å². The Morgan fingerprint density at radius 1 is 0.627 bits per heavy atom. The predicted molar refractivity (Wildman–Crippen MR) is 226 cm³/mol. The highest BCUT2D eigenvalue weighted by atomic mass is 16.3. The number of amides is 5. The first-order valence-corrected chi connectivity index (χ1v) is 19.5. The Morgan fingerprint density at radius 3 is 1.93 bits per heavy atom. The van der Waals surface area contributed by atoms with E-state index in [1.54, 1.807) is 36.4 Å². The molecule has 0 aromatic heterocycles. The van der Waals surface area contributed by atoms with Gasteiger partial charge in [-0.1, -0.05) is 115 Å². The number of aromatic hydroxyl groups is 1. The Kier molecular flexibility index (Phi) is 16.1. The van der Waals surface area contributed by atoms with Crippen molar-refractivity contribution in [3.63, 3.8) is 0 Å². The minimum Gasteiger partial charge on any atom is -0.508 e. The maximum atomic E-state index is 13.3. The normalized spacial score (nSPS) is 18.0. The molecule has 0 saturated heterocycles. The van der Waals surface area contributed by atoms with Gasteiger partial charge < -0.3 is 36.5 Å². The van der Waals surface area contributed by atoms with Gasteiger partial charge in [0.05, 0.1) is 12.6 Å². The number of anilines is 1. The van der Waals surface area contributed by atoms with Crippen molar-refractivity contribution in [2.75, 3.05) is 11.9 Å². The van der Waals surface area contributed by atoms with Crippen LogP contribution in [0, 0.1) is 6.92 Å². The van der Waals surface area contributed by atoms with Gasteiger partial charge in [-0.05, 0) is 78.3 Å². The maximum absolute atomic E-state index is 13.3. The molecule has 0 unspecified atom stereocenters. The van der Waals surface area contributed by atoms with Gasteiger partial charge >= 0.3 is 0 Å². The molecule has 2 bridgehead atoms. The van der Waals surface area contributed by atoms with E-state index in [2.05, 4.69) is 57.8 Å². The van der Waals surface area contributed by atoms with Crippen LogP contribution in [0.15, 0.2) is 133 Å². The minimum absolute atomic E-state index is 0.106. The number of hydrogen-bond acceptors (Lipinski definition) is 7. The average molecular weight is 796 g/mol. The summed E-state index contributed by atoms with van der Waals surface area (Å²) >= 11 is 0. The summed E-state index contributed by atoms with van der Waals surface area (Å²) < 4.78 is 0. The van der Waals surface area contributed by atoms with Crippen molar-refractivity contribution in [1.82, 2.24) is 21.3 Å². The zero-order valence-corrected chi connectivity index (χ0v) is 32.9. The third-order valence-electron chi connectivity index (χ3n) is 9.57. The Balaban J connectivity index is 0.000000395. The van der Waals surface area contributed by atoms with Crippen LogP contribution in [0.1, 0.15) is 41.5 Å². The third-order valence-corrected chi connectivity index (χ3v) is 9.57. The number of rotatable bonds is 7. The lowest BCUT2D eigenvalue weighted by atomic mass is 10.0. The molecule has 0 radical (unpaired) electrons. The number of benzene rings is 5. The maximum Gasteiger partial charge on any atom is 0.243 e. The molecule has 12 nitrogen and oxygen atoms in total. The number of nitrogens with one attached hydrogen (secondary N) is 5. The number of aldehydes is 1. The van der Waals surface area contributed by atoms with E-state index in [0.29, 0.717) is 24.1 Å². The number of aryl methyl sites for hydroxylation is 2. The Hall–Kier alpha value is -7.08. The van der Waals surface area contributed by atoms with Crippen LogP contribution in [0.5, 0.6) is 5.75 Å². The zero-order valence-electron chi connectivity index (χ0n) is 32.9. The molecule has 7 rings (SSSR count). The number of carbonyl (C=O) groups excluding carboxylic acids is 6. The van der Waals surface area contributed by atoms with Crippen LogP contribution >= 0.6 is 0 Å². The highest BCUT2D eigenvalue weighted by Gasteiger charge is 2.26. The first kappa shape index (κ1) is 43.1. The molecule has 0 aliphatic carbocycles. The van der Waals surface area contributed by atoms with Crippen molar-refractivity contribution >= 4 is 41.5 Å². The summed E-state index contributed by atoms with van der Waals surface area (Å²) in [6.07, 6.45) is 1.47. The lowest BCUT2D eigenvalue weighted by Gasteiger charge is -2.22. The second-order valence-corrected chi connectivity index (χ2v) is 14.3. The van der Waals surface area contributed by atoms with Crippen LogP contribution in [0.4, 0.5) is 5.69 Å². The fourth-order valence-electron chi connectivity index (χ4n) is 6.36. The summed E-state index contributed by atoms with van der Waals surface area (Å²) in [5.41, 5.74) is 6.42. The molecule has 0 fully saturated rings. The predicted octanol–water partition coefficient (Wildman–Crippen LogP) is 4.97. The average Bonchev–Trinajstić information content (AvgIpc) is 3.24. The fourth-order valence-corrected chi connectivity index (χ4v) is 6.36. The second-order valence-electron chi connectivity index (χ2n) is 14.3. The molecule has 0 saturated carbocycles. The van der Waals surface area contributed by atoms with Crippen molar-refractivity contribution in [2.24, 2.45) is 0 Å². The molecule has 59 heavy (non-hydrogen) atoms. The highest BCUT2D eigenvalue weighted by Crippen LogP contribution is 2.23. The smallest absolute Gasteiger partial charge is 0.243 e. The molecular formula is C47H49N5O7. The molecular weight excluding hydrogens is 747 g/mol. The SMILES string of the molecule is Cc1ccc(-c2cccc(O)c2)cc1.O=C[C@@H]1Cc2ccc(cc2)NC(=O)CCC(=O)N[C@H](CCc2ccccc2)C(=O)NCC(=O)N[C@H](Cc2ccccc2)C(=O)N1. The zero-order chi connectivity index (χ0) is 42.0. The van der Waals surface area contributed by atoms with Gasteiger partial charge in [0.15, 0.2) is 0 Å². The van der Waals surface area contributed by atoms with Gasteiger partial charge in [-0.15, -0.1) is 0 Å². The van der Waals surface area contributed by atoms with Crippen LogP contribution in [0.3, 0.4) is 0 Å². The van der Waals surface area contributed by atoms with Gasteiger partial charge in [-0.25, -0.2) is 0 Å². The number of phenolic OH excluding ortho intramolecular Hbond substituents is 1. The van der Waals surface area contributed by atoms with Gasteiger partial charge in [-0.2, -0.15) is 0 Å². The number of fused-ring (bicyclic) bond motifs is 18. The number of hydrogen-bond donors (Lipinski definition) is 6. The van der Waals surface area contributed by atoms with Gasteiger partial charge in [0.25, 0.3) is 0 Å². The number of phenols is 1. The van der Waals surface area contributed by atoms with Crippen molar-refractivity contribution in [1.29, 1.82) is 0 Å². The molecule has 3 atom stereocenters. The number of carbonyl (C=O) groups is 6. The van der Waals surface area contributed by atoms with Crippen LogP contribution in [-0.4, -0.2) is 65.6 Å². The molecule has 5 aromatic carbocycles. The molecule has 2 heterocycles. The van der Waals surface area contributed by atoms with Crippen molar-refractivity contribution in [3.8, 4) is 16.9 Å². The van der Waals surface area contributed by atoms with E-state index in [4.69, 9.17) is 0 Å². The summed E-state index contributed by atoms with van der Waals surface area (Å²) in [6, 6.07) is 38.0. The lowest BCUT2D eigenvalue weighted by Crippen LogP contribution is -2.54.